The van der Waals surface area contributed by atoms with E-state index in [1.807, 2.05) is 86.6 Å². The molecule has 34 heavy (non-hydrogen) atoms. The molecule has 3 aromatic rings. The van der Waals surface area contributed by atoms with Gasteiger partial charge in [0.05, 0.1) is 10.7 Å². The van der Waals surface area contributed by atoms with Crippen molar-refractivity contribution in [2.75, 3.05) is 11.9 Å². The number of hydrazone groups is 1. The summed E-state index contributed by atoms with van der Waals surface area (Å²) in [6.07, 6.45) is 6.73. The standard InChI is InChI=1S/C26H27ClN6O/c1-5-19(16-17-28-3)25-31-32(4)24(33(25)22-9-7-6-8-21(22)27)15-14-23-29-30-26(34-23)20-12-10-18(2)11-13-20/h5-13,16-17,24H,3,14-15H2,1-2,4H3/b17-16-,19-5+. The summed E-state index contributed by atoms with van der Waals surface area (Å²) in [6, 6.07) is 15.8. The van der Waals surface area contributed by atoms with Crippen LogP contribution >= 0.6 is 11.6 Å². The first-order valence-electron chi connectivity index (χ1n) is 11.1. The van der Waals surface area contributed by atoms with Crippen LogP contribution in [0.4, 0.5) is 5.69 Å². The monoisotopic (exact) mass is 474 g/mol. The Bertz CT molecular complexity index is 1240. The Morgan fingerprint density at radius 2 is 1.94 bits per heavy atom. The molecule has 0 aliphatic carbocycles. The number of rotatable bonds is 8. The second kappa shape index (κ2) is 10.5. The molecular weight excluding hydrogens is 448 g/mol. The minimum atomic E-state index is -0.0929. The average Bonchev–Trinajstić information content (AvgIpc) is 3.44. The molecule has 1 aliphatic heterocycles. The Labute approximate surface area is 204 Å². The maximum atomic E-state index is 6.61. The fourth-order valence-corrected chi connectivity index (χ4v) is 4.09. The Morgan fingerprint density at radius 3 is 2.65 bits per heavy atom. The van der Waals surface area contributed by atoms with E-state index in [0.717, 1.165) is 22.7 Å². The van der Waals surface area contributed by atoms with Crippen molar-refractivity contribution in [3.8, 4) is 11.5 Å². The summed E-state index contributed by atoms with van der Waals surface area (Å²) < 4.78 is 5.95. The number of aliphatic imine (C=N–C) groups is 1. The van der Waals surface area contributed by atoms with Crippen LogP contribution in [0.3, 0.4) is 0 Å². The molecule has 2 heterocycles. The molecule has 0 fully saturated rings. The van der Waals surface area contributed by atoms with E-state index in [2.05, 4.69) is 26.8 Å². The lowest BCUT2D eigenvalue weighted by molar-refractivity contribution is 0.267. The first kappa shape index (κ1) is 23.4. The third-order valence-electron chi connectivity index (χ3n) is 5.63. The average molecular weight is 475 g/mol. The third kappa shape index (κ3) is 4.94. The largest absolute Gasteiger partial charge is 0.421 e. The van der Waals surface area contributed by atoms with Gasteiger partial charge in [-0.1, -0.05) is 47.5 Å². The summed E-state index contributed by atoms with van der Waals surface area (Å²) in [4.78, 5) is 5.99. The highest BCUT2D eigenvalue weighted by molar-refractivity contribution is 6.34. The topological polar surface area (TPSA) is 70.1 Å². The maximum Gasteiger partial charge on any atom is 0.247 e. The van der Waals surface area contributed by atoms with Crippen molar-refractivity contribution in [2.45, 2.75) is 32.9 Å². The summed E-state index contributed by atoms with van der Waals surface area (Å²) in [7, 11) is 1.95. The molecule has 0 saturated carbocycles. The van der Waals surface area contributed by atoms with Crippen LogP contribution in [0.25, 0.3) is 11.5 Å². The van der Waals surface area contributed by atoms with Gasteiger partial charge >= 0.3 is 0 Å². The minimum Gasteiger partial charge on any atom is -0.421 e. The molecule has 174 valence electrons. The van der Waals surface area contributed by atoms with E-state index >= 15 is 0 Å². The number of benzene rings is 2. The molecule has 0 radical (unpaired) electrons. The number of anilines is 1. The second-order valence-corrected chi connectivity index (χ2v) is 8.35. The number of nitrogens with zero attached hydrogens (tertiary/aromatic N) is 6. The third-order valence-corrected chi connectivity index (χ3v) is 5.95. The molecule has 0 bridgehead atoms. The van der Waals surface area contributed by atoms with Gasteiger partial charge in [0.1, 0.15) is 6.17 Å². The van der Waals surface area contributed by atoms with Gasteiger partial charge in [0, 0.05) is 30.8 Å². The molecule has 0 amide bonds. The number of halogens is 1. The van der Waals surface area contributed by atoms with Gasteiger partial charge < -0.3 is 9.32 Å². The number of para-hydroxylation sites is 1. The molecule has 1 unspecified atom stereocenters. The van der Waals surface area contributed by atoms with Crippen LogP contribution in [0.15, 0.2) is 87.0 Å². The lowest BCUT2D eigenvalue weighted by atomic mass is 10.1. The number of hydrogen-bond acceptors (Lipinski definition) is 7. The molecule has 0 spiro atoms. The predicted octanol–water partition coefficient (Wildman–Crippen LogP) is 5.88. The summed E-state index contributed by atoms with van der Waals surface area (Å²) >= 11 is 6.61. The molecule has 0 saturated heterocycles. The van der Waals surface area contributed by atoms with Gasteiger partial charge in [-0.25, -0.2) is 0 Å². The van der Waals surface area contributed by atoms with Gasteiger partial charge in [0.15, 0.2) is 5.84 Å². The molecule has 7 nitrogen and oxygen atoms in total. The van der Waals surface area contributed by atoms with Crippen LogP contribution < -0.4 is 4.90 Å². The summed E-state index contributed by atoms with van der Waals surface area (Å²) in [5.41, 5.74) is 3.89. The van der Waals surface area contributed by atoms with Crippen LogP contribution in [0.1, 0.15) is 24.8 Å². The van der Waals surface area contributed by atoms with E-state index in [0.29, 0.717) is 29.6 Å². The summed E-state index contributed by atoms with van der Waals surface area (Å²) in [6.45, 7) is 7.55. The van der Waals surface area contributed by atoms with Crippen LogP contribution in [0.2, 0.25) is 5.02 Å². The van der Waals surface area contributed by atoms with Crippen molar-refractivity contribution in [2.24, 2.45) is 10.1 Å². The van der Waals surface area contributed by atoms with E-state index < -0.39 is 0 Å². The fraction of sp³-hybridized carbons (Fsp3) is 0.231. The highest BCUT2D eigenvalue weighted by Crippen LogP contribution is 2.34. The smallest absolute Gasteiger partial charge is 0.247 e. The van der Waals surface area contributed by atoms with Gasteiger partial charge in [-0.15, -0.1) is 10.2 Å². The van der Waals surface area contributed by atoms with Gasteiger partial charge in [0.25, 0.3) is 0 Å². The molecule has 4 rings (SSSR count). The van der Waals surface area contributed by atoms with Crippen molar-refractivity contribution in [3.05, 3.63) is 88.9 Å². The van der Waals surface area contributed by atoms with Gasteiger partial charge in [-0.2, -0.15) is 5.10 Å². The van der Waals surface area contributed by atoms with Crippen molar-refractivity contribution in [3.63, 3.8) is 0 Å². The Balaban J connectivity index is 1.59. The summed E-state index contributed by atoms with van der Waals surface area (Å²) in [5.74, 6) is 1.89. The fourth-order valence-electron chi connectivity index (χ4n) is 3.86. The Morgan fingerprint density at radius 1 is 1.18 bits per heavy atom. The molecule has 1 aliphatic rings. The molecule has 8 heteroatoms. The van der Waals surface area contributed by atoms with Crippen molar-refractivity contribution < 1.29 is 4.42 Å². The van der Waals surface area contributed by atoms with Crippen molar-refractivity contribution in [1.82, 2.24) is 15.2 Å². The van der Waals surface area contributed by atoms with E-state index in [1.54, 1.807) is 6.20 Å². The summed E-state index contributed by atoms with van der Waals surface area (Å²) in [5, 5.41) is 15.9. The lowest BCUT2D eigenvalue weighted by Crippen LogP contribution is -2.42. The van der Waals surface area contributed by atoms with Crippen LogP contribution in [0.5, 0.6) is 0 Å². The van der Waals surface area contributed by atoms with Crippen molar-refractivity contribution >= 4 is 29.8 Å². The molecular formula is C26H27ClN6O. The predicted molar refractivity (Wildman–Crippen MR) is 138 cm³/mol. The number of allylic oxidation sites excluding steroid dienone is 1. The minimum absolute atomic E-state index is 0.0929. The SMILES string of the molecule is C=N/C=C\C(=C/C)C1=NN(C)C(CCc2nnc(-c3ccc(C)cc3)o2)N1c1ccccc1Cl. The molecule has 1 aromatic heterocycles. The van der Waals surface area contributed by atoms with E-state index in [9.17, 15) is 0 Å². The highest BCUT2D eigenvalue weighted by atomic mass is 35.5. The first-order valence-corrected chi connectivity index (χ1v) is 11.4. The molecule has 1 atom stereocenters. The number of aryl methyl sites for hydroxylation is 2. The van der Waals surface area contributed by atoms with Gasteiger partial charge in [-0.05, 0) is 57.3 Å². The number of hydrogen-bond donors (Lipinski definition) is 0. The first-order chi connectivity index (χ1) is 16.5. The maximum absolute atomic E-state index is 6.61. The van der Waals surface area contributed by atoms with Gasteiger partial charge in [-0.3, -0.25) is 10.0 Å². The van der Waals surface area contributed by atoms with Crippen molar-refractivity contribution in [1.29, 1.82) is 0 Å². The van der Waals surface area contributed by atoms with Crippen LogP contribution in [-0.2, 0) is 6.42 Å². The number of amidine groups is 1. The Hall–Kier alpha value is -3.71. The zero-order valence-electron chi connectivity index (χ0n) is 19.5. The highest BCUT2D eigenvalue weighted by Gasteiger charge is 2.35. The number of aromatic nitrogens is 2. The van der Waals surface area contributed by atoms with E-state index in [1.165, 1.54) is 5.56 Å². The van der Waals surface area contributed by atoms with Crippen LogP contribution in [-0.4, -0.2) is 41.0 Å². The zero-order valence-corrected chi connectivity index (χ0v) is 20.3. The molecule has 0 N–H and O–H groups in total. The van der Waals surface area contributed by atoms with Crippen LogP contribution in [0, 0.1) is 6.92 Å². The van der Waals surface area contributed by atoms with E-state index in [-0.39, 0.29) is 6.17 Å². The Kier molecular flexibility index (Phi) is 7.23. The second-order valence-electron chi connectivity index (χ2n) is 7.95. The van der Waals surface area contributed by atoms with E-state index in [4.69, 9.17) is 21.1 Å². The molecule has 2 aromatic carbocycles. The van der Waals surface area contributed by atoms with Gasteiger partial charge in [0.2, 0.25) is 11.8 Å². The zero-order chi connectivity index (χ0) is 24.1. The lowest BCUT2D eigenvalue weighted by Gasteiger charge is -2.31. The normalized spacial score (nSPS) is 16.4. The quantitative estimate of drug-likeness (QED) is 0.301.